The second kappa shape index (κ2) is 12.2. The predicted octanol–water partition coefficient (Wildman–Crippen LogP) is 7.68. The second-order valence-electron chi connectivity index (χ2n) is 14.4. The van der Waals surface area contributed by atoms with E-state index in [2.05, 4.69) is 99.1 Å². The van der Waals surface area contributed by atoms with E-state index in [0.717, 1.165) is 50.7 Å². The van der Waals surface area contributed by atoms with E-state index < -0.39 is 29.8 Å². The largest absolute Gasteiger partial charge is 0.421 e. The summed E-state index contributed by atoms with van der Waals surface area (Å²) in [6, 6.07) is 0. The Morgan fingerprint density at radius 3 is 2.19 bits per heavy atom. The standard InChI is InChI=1S/C31H58O3Si2/c1-13-30(29(6,7)8,18-14-15-20-33-35(9)10)19-16-17-24-25-21-23(2)27(32)31(25,34-36(11)12)22-26(24)28(3,4)5/h13,16-17,24-27,32,35-36H,1-2,14-15,18-22H2,3-12H3/t24-,25+,26-,27?,30?,31+/m1/s1. The fourth-order valence-electron chi connectivity index (χ4n) is 6.96. The van der Waals surface area contributed by atoms with Crippen LogP contribution in [0.5, 0.6) is 0 Å². The SMILES string of the molecule is C=CC(CC=C[C@H]1[C@H](C(C)(C)C)C[C@@]2(O[SiH](C)C)C(O)C(=C)C[C@@H]12)(CCCCO[SiH](C)C)C(C)(C)C. The molecule has 2 unspecified atom stereocenters. The van der Waals surface area contributed by atoms with E-state index in [4.69, 9.17) is 8.85 Å². The van der Waals surface area contributed by atoms with E-state index in [0.29, 0.717) is 17.8 Å². The van der Waals surface area contributed by atoms with Crippen LogP contribution in [0.15, 0.2) is 37.0 Å². The second-order valence-corrected chi connectivity index (χ2v) is 19.1. The Kier molecular flexibility index (Phi) is 10.7. The number of hydrogen-bond donors (Lipinski definition) is 1. The molecule has 0 radical (unpaired) electrons. The number of aliphatic hydroxyl groups excluding tert-OH is 1. The molecule has 0 aromatic carbocycles. The van der Waals surface area contributed by atoms with Gasteiger partial charge in [0, 0.05) is 6.61 Å². The van der Waals surface area contributed by atoms with Crippen molar-refractivity contribution in [2.45, 2.75) is 118 Å². The van der Waals surface area contributed by atoms with Crippen molar-refractivity contribution in [1.29, 1.82) is 0 Å². The molecule has 5 heteroatoms. The summed E-state index contributed by atoms with van der Waals surface area (Å²) < 4.78 is 12.7. The summed E-state index contributed by atoms with van der Waals surface area (Å²) in [6.45, 7) is 32.5. The summed E-state index contributed by atoms with van der Waals surface area (Å²) in [7, 11) is -2.28. The minimum atomic E-state index is -1.34. The molecule has 0 heterocycles. The highest BCUT2D eigenvalue weighted by atomic mass is 28.3. The first-order chi connectivity index (χ1) is 16.5. The van der Waals surface area contributed by atoms with E-state index in [1.807, 2.05) is 0 Å². The molecule has 2 aliphatic carbocycles. The van der Waals surface area contributed by atoms with Crippen molar-refractivity contribution in [2.75, 3.05) is 6.61 Å². The van der Waals surface area contributed by atoms with Crippen molar-refractivity contribution in [3.05, 3.63) is 37.0 Å². The number of allylic oxidation sites excluding steroid dienone is 3. The fraction of sp³-hybridized carbons (Fsp3) is 0.806. The summed E-state index contributed by atoms with van der Waals surface area (Å²) in [5.41, 5.74) is 0.825. The molecule has 0 aromatic heterocycles. The molecule has 0 amide bonds. The van der Waals surface area contributed by atoms with E-state index in [1.54, 1.807) is 0 Å². The van der Waals surface area contributed by atoms with Crippen LogP contribution in [0, 0.1) is 34.0 Å². The lowest BCUT2D eigenvalue weighted by Gasteiger charge is -2.43. The van der Waals surface area contributed by atoms with Crippen LogP contribution in [0.3, 0.4) is 0 Å². The average Bonchev–Trinajstić information content (AvgIpc) is 3.15. The third-order valence-corrected chi connectivity index (χ3v) is 11.0. The van der Waals surface area contributed by atoms with Crippen LogP contribution in [-0.2, 0) is 8.85 Å². The van der Waals surface area contributed by atoms with Gasteiger partial charge in [-0.3, -0.25) is 0 Å². The molecule has 0 saturated heterocycles. The third kappa shape index (κ3) is 6.94. The number of rotatable bonds is 12. The Hall–Kier alpha value is -0.466. The molecule has 0 aromatic rings. The summed E-state index contributed by atoms with van der Waals surface area (Å²) in [4.78, 5) is 0. The van der Waals surface area contributed by atoms with Crippen LogP contribution in [-0.4, -0.2) is 41.5 Å². The lowest BCUT2D eigenvalue weighted by atomic mass is 9.62. The molecule has 0 spiro atoms. The van der Waals surface area contributed by atoms with Crippen LogP contribution < -0.4 is 0 Å². The molecule has 2 fully saturated rings. The fourth-order valence-corrected chi connectivity index (χ4v) is 8.88. The van der Waals surface area contributed by atoms with Gasteiger partial charge in [-0.15, -0.1) is 6.58 Å². The van der Waals surface area contributed by atoms with Crippen LogP contribution in [0.2, 0.25) is 26.2 Å². The molecule has 3 nitrogen and oxygen atoms in total. The molecule has 6 atom stereocenters. The zero-order valence-electron chi connectivity index (χ0n) is 25.3. The monoisotopic (exact) mass is 534 g/mol. The van der Waals surface area contributed by atoms with Gasteiger partial charge in [0.25, 0.3) is 0 Å². The Morgan fingerprint density at radius 1 is 1.06 bits per heavy atom. The highest BCUT2D eigenvalue weighted by molar-refractivity contribution is 6.48. The minimum Gasteiger partial charge on any atom is -0.421 e. The normalized spacial score (nSPS) is 31.0. The van der Waals surface area contributed by atoms with Gasteiger partial charge in [0.05, 0.1) is 5.60 Å². The number of hydrogen-bond acceptors (Lipinski definition) is 3. The summed E-state index contributed by atoms with van der Waals surface area (Å²) in [5, 5.41) is 11.3. The van der Waals surface area contributed by atoms with Gasteiger partial charge in [0.2, 0.25) is 0 Å². The first-order valence-electron chi connectivity index (χ1n) is 14.5. The van der Waals surface area contributed by atoms with Crippen molar-refractivity contribution in [1.82, 2.24) is 0 Å². The first-order valence-corrected chi connectivity index (χ1v) is 20.0. The van der Waals surface area contributed by atoms with Gasteiger partial charge in [0.15, 0.2) is 18.1 Å². The average molecular weight is 535 g/mol. The van der Waals surface area contributed by atoms with Crippen molar-refractivity contribution < 1.29 is 14.0 Å². The smallest absolute Gasteiger partial charge is 0.171 e. The molecule has 0 bridgehead atoms. The molecule has 2 aliphatic rings. The Morgan fingerprint density at radius 2 is 1.69 bits per heavy atom. The lowest BCUT2D eigenvalue weighted by Crippen LogP contribution is -2.46. The van der Waals surface area contributed by atoms with Crippen molar-refractivity contribution in [3.8, 4) is 0 Å². The van der Waals surface area contributed by atoms with Crippen LogP contribution in [0.1, 0.15) is 80.1 Å². The minimum absolute atomic E-state index is 0.0474. The van der Waals surface area contributed by atoms with Gasteiger partial charge in [-0.25, -0.2) is 0 Å². The van der Waals surface area contributed by atoms with Gasteiger partial charge in [-0.2, -0.15) is 0 Å². The van der Waals surface area contributed by atoms with Crippen LogP contribution in [0.4, 0.5) is 0 Å². The quantitative estimate of drug-likeness (QED) is 0.158. The molecular formula is C31H58O3Si2. The third-order valence-electron chi connectivity index (χ3n) is 9.19. The van der Waals surface area contributed by atoms with Crippen LogP contribution >= 0.6 is 0 Å². The van der Waals surface area contributed by atoms with Gasteiger partial charge < -0.3 is 14.0 Å². The Bertz CT molecular complexity index is 776. The highest BCUT2D eigenvalue weighted by Crippen LogP contribution is 2.61. The van der Waals surface area contributed by atoms with E-state index >= 15 is 0 Å². The number of aliphatic hydroxyl groups is 1. The van der Waals surface area contributed by atoms with Crippen LogP contribution in [0.25, 0.3) is 0 Å². The maximum atomic E-state index is 11.3. The molecule has 0 aliphatic heterocycles. The molecule has 2 saturated carbocycles. The first kappa shape index (κ1) is 31.7. The van der Waals surface area contributed by atoms with Crippen molar-refractivity contribution in [3.63, 3.8) is 0 Å². The predicted molar refractivity (Wildman–Crippen MR) is 162 cm³/mol. The molecule has 36 heavy (non-hydrogen) atoms. The summed E-state index contributed by atoms with van der Waals surface area (Å²) in [6.07, 6.45) is 12.8. The highest BCUT2D eigenvalue weighted by Gasteiger charge is 2.63. The van der Waals surface area contributed by atoms with E-state index in [-0.39, 0.29) is 16.2 Å². The summed E-state index contributed by atoms with van der Waals surface area (Å²) in [5.74, 6) is 1.17. The van der Waals surface area contributed by atoms with Crippen molar-refractivity contribution in [2.24, 2.45) is 34.0 Å². The van der Waals surface area contributed by atoms with Crippen molar-refractivity contribution >= 4 is 18.1 Å². The Balaban J connectivity index is 2.30. The zero-order chi connectivity index (χ0) is 27.5. The molecule has 2 rings (SSSR count). The molecule has 1 N–H and O–H groups in total. The Labute approximate surface area is 227 Å². The maximum Gasteiger partial charge on any atom is 0.171 e. The zero-order valence-corrected chi connectivity index (χ0v) is 27.6. The number of unbranched alkanes of at least 4 members (excludes halogenated alkanes) is 1. The molecule has 208 valence electrons. The van der Waals surface area contributed by atoms with Gasteiger partial charge in [-0.05, 0) is 97.9 Å². The van der Waals surface area contributed by atoms with Gasteiger partial charge >= 0.3 is 0 Å². The number of fused-ring (bicyclic) bond motifs is 1. The molecular weight excluding hydrogens is 477 g/mol. The van der Waals surface area contributed by atoms with E-state index in [9.17, 15) is 5.11 Å². The van der Waals surface area contributed by atoms with E-state index in [1.165, 1.54) is 0 Å². The van der Waals surface area contributed by atoms with Gasteiger partial charge in [0.1, 0.15) is 6.10 Å². The van der Waals surface area contributed by atoms with Gasteiger partial charge in [-0.1, -0.05) is 72.8 Å². The lowest BCUT2D eigenvalue weighted by molar-refractivity contribution is -0.0445. The maximum absolute atomic E-state index is 11.3. The topological polar surface area (TPSA) is 38.7 Å². The summed E-state index contributed by atoms with van der Waals surface area (Å²) >= 11 is 0.